The lowest BCUT2D eigenvalue weighted by Crippen LogP contribution is -2.39. The van der Waals surface area contributed by atoms with Crippen LogP contribution in [0.4, 0.5) is 0 Å². The number of carbonyl (C=O) groups excluding carboxylic acids is 1. The molecule has 0 N–H and O–H groups in total. The van der Waals surface area contributed by atoms with Crippen molar-refractivity contribution in [3.63, 3.8) is 0 Å². The standard InChI is InChI=1S/C19H28N2O3/c1-20-9-4-3-5-16(20)8-10-21(2)19(22)14-15-6-7-17-18(13-15)24-12-11-23-17/h6-7,13,16H,3-5,8-12,14H2,1-2H3/t16-/m1/s1. The first-order chi connectivity index (χ1) is 11.6. The smallest absolute Gasteiger partial charge is 0.226 e. The molecule has 24 heavy (non-hydrogen) atoms. The van der Waals surface area contributed by atoms with Gasteiger partial charge < -0.3 is 19.3 Å². The van der Waals surface area contributed by atoms with Crippen molar-refractivity contribution in [1.82, 2.24) is 9.80 Å². The number of fused-ring (bicyclic) bond motifs is 1. The van der Waals surface area contributed by atoms with Gasteiger partial charge in [-0.3, -0.25) is 4.79 Å². The zero-order valence-corrected chi connectivity index (χ0v) is 14.8. The third-order valence-corrected chi connectivity index (χ3v) is 5.11. The molecule has 0 aromatic heterocycles. The van der Waals surface area contributed by atoms with Gasteiger partial charge in [-0.1, -0.05) is 12.5 Å². The van der Waals surface area contributed by atoms with E-state index in [-0.39, 0.29) is 5.91 Å². The first-order valence-electron chi connectivity index (χ1n) is 8.96. The van der Waals surface area contributed by atoms with Crippen molar-refractivity contribution < 1.29 is 14.3 Å². The number of benzene rings is 1. The summed E-state index contributed by atoms with van der Waals surface area (Å²) < 4.78 is 11.1. The fraction of sp³-hybridized carbons (Fsp3) is 0.632. The summed E-state index contributed by atoms with van der Waals surface area (Å²) in [5.74, 6) is 1.68. The highest BCUT2D eigenvalue weighted by Gasteiger charge is 2.20. The number of amides is 1. The third-order valence-electron chi connectivity index (χ3n) is 5.11. The number of hydrogen-bond donors (Lipinski definition) is 0. The summed E-state index contributed by atoms with van der Waals surface area (Å²) >= 11 is 0. The predicted octanol–water partition coefficient (Wildman–Crippen LogP) is 2.33. The molecule has 2 aliphatic rings. The van der Waals surface area contributed by atoms with E-state index >= 15 is 0 Å². The minimum atomic E-state index is 0.158. The molecule has 5 heteroatoms. The number of ether oxygens (including phenoxy) is 2. The molecule has 0 saturated carbocycles. The van der Waals surface area contributed by atoms with Gasteiger partial charge in [0.05, 0.1) is 6.42 Å². The molecule has 2 heterocycles. The number of likely N-dealkylation sites (tertiary alicyclic amines) is 1. The molecule has 0 bridgehead atoms. The van der Waals surface area contributed by atoms with Gasteiger partial charge in [-0.25, -0.2) is 0 Å². The molecule has 0 aliphatic carbocycles. The highest BCUT2D eigenvalue weighted by molar-refractivity contribution is 5.78. The molecule has 0 spiro atoms. The summed E-state index contributed by atoms with van der Waals surface area (Å²) in [5, 5.41) is 0. The first-order valence-corrected chi connectivity index (χ1v) is 8.96. The topological polar surface area (TPSA) is 42.0 Å². The van der Waals surface area contributed by atoms with Crippen molar-refractivity contribution >= 4 is 5.91 Å². The SMILES string of the molecule is CN(CC[C@H]1CCCCN1C)C(=O)Cc1ccc2c(c1)OCCO2. The Labute approximate surface area is 144 Å². The molecule has 5 nitrogen and oxygen atoms in total. The van der Waals surface area contributed by atoms with Gasteiger partial charge in [-0.15, -0.1) is 0 Å². The Bertz CT molecular complexity index is 576. The maximum Gasteiger partial charge on any atom is 0.226 e. The summed E-state index contributed by atoms with van der Waals surface area (Å²) in [6.07, 6.45) is 5.32. The van der Waals surface area contributed by atoms with Crippen LogP contribution in [0, 0.1) is 0 Å². The lowest BCUT2D eigenvalue weighted by molar-refractivity contribution is -0.129. The zero-order valence-electron chi connectivity index (χ0n) is 14.8. The van der Waals surface area contributed by atoms with Gasteiger partial charge in [0, 0.05) is 19.6 Å². The maximum absolute atomic E-state index is 12.5. The minimum Gasteiger partial charge on any atom is -0.486 e. The molecule has 1 fully saturated rings. The minimum absolute atomic E-state index is 0.158. The molecule has 1 aromatic carbocycles. The zero-order chi connectivity index (χ0) is 16.9. The van der Waals surface area contributed by atoms with Crippen LogP contribution < -0.4 is 9.47 Å². The van der Waals surface area contributed by atoms with Crippen molar-refractivity contribution in [3.05, 3.63) is 23.8 Å². The molecule has 3 rings (SSSR count). The number of piperidine rings is 1. The van der Waals surface area contributed by atoms with Crippen molar-refractivity contribution in [2.75, 3.05) is 40.4 Å². The number of hydrogen-bond acceptors (Lipinski definition) is 4. The summed E-state index contributed by atoms with van der Waals surface area (Å²) in [5.41, 5.74) is 0.978. The van der Waals surface area contributed by atoms with E-state index in [0.29, 0.717) is 25.7 Å². The monoisotopic (exact) mass is 332 g/mol. The molecule has 1 amide bonds. The Kier molecular flexibility index (Phi) is 5.61. The summed E-state index contributed by atoms with van der Waals surface area (Å²) in [6, 6.07) is 6.39. The molecule has 1 aromatic rings. The number of rotatable bonds is 5. The molecule has 0 radical (unpaired) electrons. The third kappa shape index (κ3) is 4.20. The predicted molar refractivity (Wildman–Crippen MR) is 93.7 cm³/mol. The fourth-order valence-electron chi connectivity index (χ4n) is 3.48. The van der Waals surface area contributed by atoms with E-state index in [1.807, 2.05) is 30.1 Å². The van der Waals surface area contributed by atoms with Gasteiger partial charge in [0.15, 0.2) is 11.5 Å². The van der Waals surface area contributed by atoms with E-state index in [1.54, 1.807) is 0 Å². The summed E-state index contributed by atoms with van der Waals surface area (Å²) in [7, 11) is 4.10. The van der Waals surface area contributed by atoms with Crippen molar-refractivity contribution in [2.45, 2.75) is 38.1 Å². The van der Waals surface area contributed by atoms with Crippen LogP contribution >= 0.6 is 0 Å². The molecule has 2 aliphatic heterocycles. The van der Waals surface area contributed by atoms with Crippen LogP contribution in [0.5, 0.6) is 11.5 Å². The second-order valence-corrected chi connectivity index (χ2v) is 6.89. The first kappa shape index (κ1) is 17.1. The van der Waals surface area contributed by atoms with Crippen LogP contribution in [-0.4, -0.2) is 62.1 Å². The van der Waals surface area contributed by atoms with E-state index in [0.717, 1.165) is 30.0 Å². The number of likely N-dealkylation sites (N-methyl/N-ethyl adjacent to an activating group) is 1. The summed E-state index contributed by atoms with van der Waals surface area (Å²) in [6.45, 7) is 3.15. The molecule has 0 unspecified atom stereocenters. The second-order valence-electron chi connectivity index (χ2n) is 6.89. The Morgan fingerprint density at radius 2 is 2.04 bits per heavy atom. The average molecular weight is 332 g/mol. The normalized spacial score (nSPS) is 20.7. The fourth-order valence-corrected chi connectivity index (χ4v) is 3.48. The van der Waals surface area contributed by atoms with E-state index in [9.17, 15) is 4.79 Å². The van der Waals surface area contributed by atoms with Crippen LogP contribution in [0.2, 0.25) is 0 Å². The highest BCUT2D eigenvalue weighted by Crippen LogP contribution is 2.31. The van der Waals surface area contributed by atoms with Crippen LogP contribution in [0.3, 0.4) is 0 Å². The van der Waals surface area contributed by atoms with Crippen LogP contribution in [-0.2, 0) is 11.2 Å². The van der Waals surface area contributed by atoms with Gasteiger partial charge in [-0.05, 0) is 50.6 Å². The van der Waals surface area contributed by atoms with Crippen molar-refractivity contribution in [1.29, 1.82) is 0 Å². The highest BCUT2D eigenvalue weighted by atomic mass is 16.6. The van der Waals surface area contributed by atoms with Gasteiger partial charge >= 0.3 is 0 Å². The van der Waals surface area contributed by atoms with Crippen molar-refractivity contribution in [3.8, 4) is 11.5 Å². The van der Waals surface area contributed by atoms with Crippen LogP contribution in [0.1, 0.15) is 31.2 Å². The van der Waals surface area contributed by atoms with E-state index in [2.05, 4.69) is 11.9 Å². The molecular weight excluding hydrogens is 304 g/mol. The molecule has 1 atom stereocenters. The Morgan fingerprint density at radius 3 is 2.83 bits per heavy atom. The maximum atomic E-state index is 12.5. The van der Waals surface area contributed by atoms with Crippen LogP contribution in [0.15, 0.2) is 18.2 Å². The van der Waals surface area contributed by atoms with Gasteiger partial charge in [0.25, 0.3) is 0 Å². The van der Waals surface area contributed by atoms with Gasteiger partial charge in [0.1, 0.15) is 13.2 Å². The van der Waals surface area contributed by atoms with Gasteiger partial charge in [0.2, 0.25) is 5.91 Å². The summed E-state index contributed by atoms with van der Waals surface area (Å²) in [4.78, 5) is 16.8. The van der Waals surface area contributed by atoms with E-state index in [4.69, 9.17) is 9.47 Å². The molecule has 132 valence electrons. The van der Waals surface area contributed by atoms with E-state index in [1.165, 1.54) is 25.8 Å². The molecule has 1 saturated heterocycles. The van der Waals surface area contributed by atoms with Crippen molar-refractivity contribution in [2.24, 2.45) is 0 Å². The van der Waals surface area contributed by atoms with Crippen LogP contribution in [0.25, 0.3) is 0 Å². The van der Waals surface area contributed by atoms with Gasteiger partial charge in [-0.2, -0.15) is 0 Å². The Hall–Kier alpha value is -1.75. The molecular formula is C19H28N2O3. The number of carbonyl (C=O) groups is 1. The quantitative estimate of drug-likeness (QED) is 0.830. The largest absolute Gasteiger partial charge is 0.486 e. The Balaban J connectivity index is 1.50. The van der Waals surface area contributed by atoms with E-state index < -0.39 is 0 Å². The lowest BCUT2D eigenvalue weighted by atomic mass is 10.00. The number of nitrogens with zero attached hydrogens (tertiary/aromatic N) is 2. The average Bonchev–Trinajstić information content (AvgIpc) is 2.60. The lowest BCUT2D eigenvalue weighted by Gasteiger charge is -2.33. The second kappa shape index (κ2) is 7.88. The Morgan fingerprint density at radius 1 is 1.25 bits per heavy atom.